The molecule has 0 saturated carbocycles. The summed E-state index contributed by atoms with van der Waals surface area (Å²) in [4.78, 5) is 12.1. The van der Waals surface area contributed by atoms with E-state index < -0.39 is 0 Å². The van der Waals surface area contributed by atoms with Gasteiger partial charge >= 0.3 is 6.01 Å². The minimum absolute atomic E-state index is 0.165. The topological polar surface area (TPSA) is 57.1 Å². The molecular formula is C10H14ClN3O2S. The van der Waals surface area contributed by atoms with Crippen LogP contribution < -0.4 is 4.74 Å². The highest BCUT2D eigenvalue weighted by Gasteiger charge is 2.17. The van der Waals surface area contributed by atoms with Gasteiger partial charge in [-0.2, -0.15) is 15.0 Å². The average Bonchev–Trinajstić information content (AvgIpc) is 2.79. The zero-order valence-corrected chi connectivity index (χ0v) is 11.1. The van der Waals surface area contributed by atoms with Gasteiger partial charge in [-0.25, -0.2) is 0 Å². The van der Waals surface area contributed by atoms with Gasteiger partial charge in [0, 0.05) is 12.4 Å². The van der Waals surface area contributed by atoms with E-state index in [0.29, 0.717) is 17.9 Å². The molecule has 1 aliphatic rings. The zero-order valence-electron chi connectivity index (χ0n) is 9.56. The molecule has 0 bridgehead atoms. The van der Waals surface area contributed by atoms with Crippen LogP contribution in [0.2, 0.25) is 5.28 Å². The van der Waals surface area contributed by atoms with E-state index in [9.17, 15) is 0 Å². The molecule has 1 unspecified atom stereocenters. The monoisotopic (exact) mass is 275 g/mol. The Morgan fingerprint density at radius 3 is 3.06 bits per heavy atom. The molecule has 1 atom stereocenters. The number of halogens is 1. The molecule has 0 amide bonds. The summed E-state index contributed by atoms with van der Waals surface area (Å²) in [5.41, 5.74) is 0. The fraction of sp³-hybridized carbons (Fsp3) is 0.700. The highest BCUT2D eigenvalue weighted by Crippen LogP contribution is 2.23. The van der Waals surface area contributed by atoms with Crippen molar-refractivity contribution in [1.82, 2.24) is 15.0 Å². The SMILES string of the molecule is CCOc1nc(Cl)nc(SCC2CCCO2)n1. The summed E-state index contributed by atoms with van der Waals surface area (Å²) < 4.78 is 10.7. The number of thioether (sulfide) groups is 1. The standard InChI is InChI=1S/C10H14ClN3O2S/c1-2-15-9-12-8(11)13-10(14-9)17-6-7-4-3-5-16-7/h7H,2-6H2,1H3. The number of hydrogen-bond acceptors (Lipinski definition) is 6. The highest BCUT2D eigenvalue weighted by molar-refractivity contribution is 7.99. The van der Waals surface area contributed by atoms with E-state index in [2.05, 4.69) is 15.0 Å². The first-order chi connectivity index (χ1) is 8.28. The predicted octanol–water partition coefficient (Wildman–Crippen LogP) is 2.19. The number of nitrogens with zero attached hydrogens (tertiary/aromatic N) is 3. The molecular weight excluding hydrogens is 262 g/mol. The summed E-state index contributed by atoms with van der Waals surface area (Å²) in [6.45, 7) is 3.24. The van der Waals surface area contributed by atoms with Crippen LogP contribution in [0, 0.1) is 0 Å². The van der Waals surface area contributed by atoms with Crippen molar-refractivity contribution < 1.29 is 9.47 Å². The van der Waals surface area contributed by atoms with Crippen LogP contribution in [-0.2, 0) is 4.74 Å². The predicted molar refractivity (Wildman–Crippen MR) is 65.7 cm³/mol. The molecule has 1 aliphatic heterocycles. The summed E-state index contributed by atoms with van der Waals surface area (Å²) in [7, 11) is 0. The van der Waals surface area contributed by atoms with Crippen molar-refractivity contribution in [2.75, 3.05) is 19.0 Å². The Labute approximate surface area is 109 Å². The third-order valence-corrected chi connectivity index (χ3v) is 3.41. The van der Waals surface area contributed by atoms with E-state index in [1.807, 2.05) is 6.92 Å². The van der Waals surface area contributed by atoms with E-state index in [4.69, 9.17) is 21.1 Å². The first-order valence-corrected chi connectivity index (χ1v) is 6.93. The Morgan fingerprint density at radius 2 is 2.35 bits per heavy atom. The molecule has 0 aromatic carbocycles. The third-order valence-electron chi connectivity index (χ3n) is 2.26. The summed E-state index contributed by atoms with van der Waals surface area (Å²) in [5, 5.41) is 0.752. The maximum Gasteiger partial charge on any atom is 0.321 e. The van der Waals surface area contributed by atoms with Crippen LogP contribution in [0.3, 0.4) is 0 Å². The lowest BCUT2D eigenvalue weighted by molar-refractivity contribution is 0.129. The Bertz CT molecular complexity index is 375. The average molecular weight is 276 g/mol. The van der Waals surface area contributed by atoms with Crippen molar-refractivity contribution in [1.29, 1.82) is 0 Å². The van der Waals surface area contributed by atoms with E-state index in [1.165, 1.54) is 11.8 Å². The first kappa shape index (κ1) is 12.9. The van der Waals surface area contributed by atoms with Gasteiger partial charge in [-0.3, -0.25) is 0 Å². The van der Waals surface area contributed by atoms with E-state index in [1.54, 1.807) is 0 Å². The summed E-state index contributed by atoms with van der Waals surface area (Å²) in [5.74, 6) is 0.839. The summed E-state index contributed by atoms with van der Waals surface area (Å²) in [6.07, 6.45) is 2.53. The minimum Gasteiger partial charge on any atom is -0.464 e. The maximum atomic E-state index is 5.79. The molecule has 2 heterocycles. The Balaban J connectivity index is 1.94. The van der Waals surface area contributed by atoms with Crippen LogP contribution in [0.1, 0.15) is 19.8 Å². The maximum absolute atomic E-state index is 5.79. The van der Waals surface area contributed by atoms with Gasteiger partial charge in [-0.05, 0) is 31.4 Å². The molecule has 0 radical (unpaired) electrons. The van der Waals surface area contributed by atoms with Crippen LogP contribution in [0.5, 0.6) is 6.01 Å². The molecule has 0 N–H and O–H groups in total. The Morgan fingerprint density at radius 1 is 1.47 bits per heavy atom. The molecule has 94 valence electrons. The van der Waals surface area contributed by atoms with Crippen molar-refractivity contribution in [2.45, 2.75) is 31.0 Å². The zero-order chi connectivity index (χ0) is 12.1. The molecule has 0 aliphatic carbocycles. The van der Waals surface area contributed by atoms with Gasteiger partial charge in [0.15, 0.2) is 5.16 Å². The molecule has 17 heavy (non-hydrogen) atoms. The molecule has 1 aromatic rings. The van der Waals surface area contributed by atoms with Crippen molar-refractivity contribution >= 4 is 23.4 Å². The fourth-order valence-corrected chi connectivity index (χ4v) is 2.61. The van der Waals surface area contributed by atoms with Crippen molar-refractivity contribution in [3.05, 3.63) is 5.28 Å². The molecule has 0 spiro atoms. The fourth-order valence-electron chi connectivity index (χ4n) is 1.52. The lowest BCUT2D eigenvalue weighted by Crippen LogP contribution is -2.09. The van der Waals surface area contributed by atoms with Gasteiger partial charge in [0.2, 0.25) is 5.28 Å². The van der Waals surface area contributed by atoms with Crippen LogP contribution in [0.15, 0.2) is 5.16 Å². The molecule has 2 rings (SSSR count). The van der Waals surface area contributed by atoms with Crippen LogP contribution in [0.4, 0.5) is 0 Å². The van der Waals surface area contributed by atoms with E-state index in [0.717, 1.165) is 25.2 Å². The van der Waals surface area contributed by atoms with Gasteiger partial charge in [0.25, 0.3) is 0 Å². The van der Waals surface area contributed by atoms with Gasteiger partial charge < -0.3 is 9.47 Å². The number of rotatable bonds is 5. The molecule has 1 aromatic heterocycles. The van der Waals surface area contributed by atoms with Gasteiger partial charge in [0.05, 0.1) is 12.7 Å². The van der Waals surface area contributed by atoms with E-state index >= 15 is 0 Å². The second-order valence-corrected chi connectivity index (χ2v) is 4.87. The minimum atomic E-state index is 0.165. The third kappa shape index (κ3) is 3.97. The normalized spacial score (nSPS) is 19.5. The Kier molecular flexibility index (Phi) is 4.82. The van der Waals surface area contributed by atoms with Crippen LogP contribution in [0.25, 0.3) is 0 Å². The van der Waals surface area contributed by atoms with Crippen LogP contribution in [-0.4, -0.2) is 40.0 Å². The number of aromatic nitrogens is 3. The van der Waals surface area contributed by atoms with Crippen molar-refractivity contribution in [2.24, 2.45) is 0 Å². The molecule has 1 fully saturated rings. The Hall–Kier alpha value is -0.590. The van der Waals surface area contributed by atoms with Crippen molar-refractivity contribution in [3.63, 3.8) is 0 Å². The molecule has 1 saturated heterocycles. The second-order valence-electron chi connectivity index (χ2n) is 3.55. The molecule has 7 heteroatoms. The number of ether oxygens (including phenoxy) is 2. The molecule has 5 nitrogen and oxygen atoms in total. The smallest absolute Gasteiger partial charge is 0.321 e. The number of hydrogen-bond donors (Lipinski definition) is 0. The van der Waals surface area contributed by atoms with E-state index in [-0.39, 0.29) is 11.3 Å². The quantitative estimate of drug-likeness (QED) is 0.768. The van der Waals surface area contributed by atoms with Gasteiger partial charge in [-0.15, -0.1) is 0 Å². The highest BCUT2D eigenvalue weighted by atomic mass is 35.5. The second kappa shape index (κ2) is 6.37. The lowest BCUT2D eigenvalue weighted by Gasteiger charge is -2.08. The summed E-state index contributed by atoms with van der Waals surface area (Å²) >= 11 is 7.31. The van der Waals surface area contributed by atoms with Crippen LogP contribution >= 0.6 is 23.4 Å². The first-order valence-electron chi connectivity index (χ1n) is 5.56. The largest absolute Gasteiger partial charge is 0.464 e. The van der Waals surface area contributed by atoms with Crippen molar-refractivity contribution in [3.8, 4) is 6.01 Å². The summed E-state index contributed by atoms with van der Waals surface area (Å²) in [6, 6.07) is 0.280. The van der Waals surface area contributed by atoms with Gasteiger partial charge in [-0.1, -0.05) is 11.8 Å². The lowest BCUT2D eigenvalue weighted by atomic mass is 10.3. The van der Waals surface area contributed by atoms with Gasteiger partial charge in [0.1, 0.15) is 0 Å².